The van der Waals surface area contributed by atoms with E-state index in [0.29, 0.717) is 17.9 Å². The van der Waals surface area contributed by atoms with Crippen molar-refractivity contribution in [2.24, 2.45) is 0 Å². The van der Waals surface area contributed by atoms with Crippen molar-refractivity contribution < 1.29 is 13.9 Å². The highest BCUT2D eigenvalue weighted by molar-refractivity contribution is 6.30. The molecule has 0 saturated heterocycles. The predicted octanol–water partition coefficient (Wildman–Crippen LogP) is 3.58. The van der Waals surface area contributed by atoms with Crippen molar-refractivity contribution in [3.8, 4) is 11.4 Å². The van der Waals surface area contributed by atoms with E-state index in [0.717, 1.165) is 23.4 Å². The zero-order valence-electron chi connectivity index (χ0n) is 14.7. The number of anilines is 1. The van der Waals surface area contributed by atoms with E-state index in [-0.39, 0.29) is 16.6 Å². The van der Waals surface area contributed by atoms with Crippen LogP contribution in [0.5, 0.6) is 5.75 Å². The summed E-state index contributed by atoms with van der Waals surface area (Å²) in [6.07, 6.45) is 0.749. The number of nitrogens with zero attached hydrogens (tertiary/aromatic N) is 4. The monoisotopic (exact) mass is 386 g/mol. The smallest absolute Gasteiger partial charge is 0.280 e. The second-order valence-corrected chi connectivity index (χ2v) is 6.64. The number of fused-ring (bicyclic) bond motifs is 1. The zero-order valence-corrected chi connectivity index (χ0v) is 15.5. The first kappa shape index (κ1) is 17.5. The molecule has 0 radical (unpaired) electrons. The minimum Gasteiger partial charge on any atom is -0.497 e. The fraction of sp³-hybridized carbons (Fsp3) is 0.211. The molecule has 1 aliphatic heterocycles. The summed E-state index contributed by atoms with van der Waals surface area (Å²) in [5.41, 5.74) is 3.25. The van der Waals surface area contributed by atoms with Crippen molar-refractivity contribution in [2.75, 3.05) is 18.6 Å². The molecule has 0 aliphatic carbocycles. The number of carbonyl (C=O) groups is 1. The largest absolute Gasteiger partial charge is 0.497 e. The number of benzene rings is 2. The van der Waals surface area contributed by atoms with Crippen LogP contribution in [0.25, 0.3) is 5.69 Å². The molecular weight excluding hydrogens is 371 g/mol. The van der Waals surface area contributed by atoms with Crippen LogP contribution in [-0.4, -0.2) is 34.6 Å². The summed E-state index contributed by atoms with van der Waals surface area (Å²) in [5.74, 6) is 0.0211. The third-order valence-electron chi connectivity index (χ3n) is 4.67. The summed E-state index contributed by atoms with van der Waals surface area (Å²) >= 11 is 5.85. The Hall–Kier alpha value is -2.93. The van der Waals surface area contributed by atoms with Crippen LogP contribution >= 0.6 is 11.6 Å². The lowest BCUT2D eigenvalue weighted by molar-refractivity contribution is 0.0984. The Bertz CT molecular complexity index is 1050. The van der Waals surface area contributed by atoms with Crippen LogP contribution < -0.4 is 9.64 Å². The molecule has 3 aromatic rings. The highest BCUT2D eigenvalue weighted by Gasteiger charge is 2.29. The average molecular weight is 387 g/mol. The Labute approximate surface area is 160 Å². The Balaban J connectivity index is 1.67. The molecule has 138 valence electrons. The third-order valence-corrected chi connectivity index (χ3v) is 4.96. The van der Waals surface area contributed by atoms with Gasteiger partial charge in [-0.15, -0.1) is 5.10 Å². The second-order valence-electron chi connectivity index (χ2n) is 6.24. The fourth-order valence-corrected chi connectivity index (χ4v) is 3.41. The molecule has 4 rings (SSSR count). The maximum Gasteiger partial charge on any atom is 0.280 e. The summed E-state index contributed by atoms with van der Waals surface area (Å²) in [6.45, 7) is 2.31. The molecular formula is C19H16ClFN4O2. The number of hydrogen-bond donors (Lipinski definition) is 0. The molecule has 0 unspecified atom stereocenters. The van der Waals surface area contributed by atoms with Crippen LogP contribution in [0.3, 0.4) is 0 Å². The highest BCUT2D eigenvalue weighted by atomic mass is 35.5. The summed E-state index contributed by atoms with van der Waals surface area (Å²) < 4.78 is 20.1. The molecule has 6 nitrogen and oxygen atoms in total. The molecule has 1 aromatic heterocycles. The van der Waals surface area contributed by atoms with Crippen molar-refractivity contribution in [2.45, 2.75) is 13.3 Å². The van der Waals surface area contributed by atoms with E-state index in [9.17, 15) is 9.18 Å². The summed E-state index contributed by atoms with van der Waals surface area (Å²) in [4.78, 5) is 14.7. The molecule has 0 fully saturated rings. The number of aromatic nitrogens is 3. The first-order chi connectivity index (χ1) is 13.0. The summed E-state index contributed by atoms with van der Waals surface area (Å²) in [6, 6.07) is 9.88. The van der Waals surface area contributed by atoms with Crippen molar-refractivity contribution in [1.29, 1.82) is 0 Å². The number of rotatable bonds is 3. The average Bonchev–Trinajstić information content (AvgIpc) is 3.26. The van der Waals surface area contributed by atoms with E-state index in [1.807, 2.05) is 18.2 Å². The maximum absolute atomic E-state index is 13.4. The lowest BCUT2D eigenvalue weighted by atomic mass is 10.1. The Morgan fingerprint density at radius 1 is 1.26 bits per heavy atom. The maximum atomic E-state index is 13.4. The quantitative estimate of drug-likeness (QED) is 0.690. The van der Waals surface area contributed by atoms with Crippen molar-refractivity contribution in [3.63, 3.8) is 0 Å². The molecule has 1 aliphatic rings. The van der Waals surface area contributed by atoms with E-state index in [1.54, 1.807) is 18.9 Å². The molecule has 0 atom stereocenters. The Kier molecular flexibility index (Phi) is 4.31. The summed E-state index contributed by atoms with van der Waals surface area (Å²) in [5, 5.41) is 8.09. The van der Waals surface area contributed by atoms with E-state index >= 15 is 0 Å². The van der Waals surface area contributed by atoms with E-state index < -0.39 is 5.82 Å². The SMILES string of the molecule is COc1ccc2c(c1)CCN2C(=O)c1nnn(-c2ccc(F)c(Cl)c2)c1C. The molecule has 27 heavy (non-hydrogen) atoms. The van der Waals surface area contributed by atoms with Gasteiger partial charge < -0.3 is 9.64 Å². The predicted molar refractivity (Wildman–Crippen MR) is 99.4 cm³/mol. The molecule has 2 aromatic carbocycles. The van der Waals surface area contributed by atoms with Gasteiger partial charge in [-0.05, 0) is 55.3 Å². The lowest BCUT2D eigenvalue weighted by Gasteiger charge is -2.16. The summed E-state index contributed by atoms with van der Waals surface area (Å²) in [7, 11) is 1.61. The molecule has 0 bridgehead atoms. The van der Waals surface area contributed by atoms with Crippen LogP contribution in [0.4, 0.5) is 10.1 Å². The van der Waals surface area contributed by atoms with Crippen LogP contribution in [0, 0.1) is 12.7 Å². The number of halogens is 2. The normalized spacial score (nSPS) is 13.0. The van der Waals surface area contributed by atoms with Crippen LogP contribution in [0.1, 0.15) is 21.7 Å². The van der Waals surface area contributed by atoms with Crippen LogP contribution in [-0.2, 0) is 6.42 Å². The molecule has 1 amide bonds. The van der Waals surface area contributed by atoms with E-state index in [2.05, 4.69) is 10.3 Å². The molecule has 0 spiro atoms. The Morgan fingerprint density at radius 3 is 2.81 bits per heavy atom. The van der Waals surface area contributed by atoms with Gasteiger partial charge in [0.1, 0.15) is 11.6 Å². The van der Waals surface area contributed by atoms with Crippen molar-refractivity contribution in [3.05, 3.63) is 64.2 Å². The van der Waals surface area contributed by atoms with Crippen molar-refractivity contribution >= 4 is 23.2 Å². The zero-order chi connectivity index (χ0) is 19.1. The van der Waals surface area contributed by atoms with Gasteiger partial charge >= 0.3 is 0 Å². The number of ether oxygens (including phenoxy) is 1. The van der Waals surface area contributed by atoms with E-state index in [1.165, 1.54) is 22.9 Å². The number of amides is 1. The first-order valence-corrected chi connectivity index (χ1v) is 8.74. The number of methoxy groups -OCH3 is 1. The van der Waals surface area contributed by atoms with Crippen LogP contribution in [0.15, 0.2) is 36.4 Å². The highest BCUT2D eigenvalue weighted by Crippen LogP contribution is 2.32. The molecule has 8 heteroatoms. The molecule has 0 N–H and O–H groups in total. The minimum atomic E-state index is -0.515. The topological polar surface area (TPSA) is 60.2 Å². The van der Waals surface area contributed by atoms with E-state index in [4.69, 9.17) is 16.3 Å². The fourth-order valence-electron chi connectivity index (χ4n) is 3.23. The van der Waals surface area contributed by atoms with Gasteiger partial charge in [0.05, 0.1) is 23.5 Å². The second kappa shape index (κ2) is 6.66. The number of hydrogen-bond acceptors (Lipinski definition) is 4. The molecule has 2 heterocycles. The van der Waals surface area contributed by atoms with Gasteiger partial charge in [0.25, 0.3) is 5.91 Å². The first-order valence-electron chi connectivity index (χ1n) is 8.36. The molecule has 0 saturated carbocycles. The van der Waals surface area contributed by atoms with Gasteiger partial charge in [-0.3, -0.25) is 4.79 Å². The van der Waals surface area contributed by atoms with Crippen LogP contribution in [0.2, 0.25) is 5.02 Å². The standard InChI is InChI=1S/C19H16ClFN4O2/c1-11-18(22-23-25(11)13-3-5-16(21)15(20)10-13)19(26)24-8-7-12-9-14(27-2)4-6-17(12)24/h3-6,9-10H,7-8H2,1-2H3. The van der Waals surface area contributed by atoms with Gasteiger partial charge in [-0.1, -0.05) is 16.8 Å². The minimum absolute atomic E-state index is 0.0160. The van der Waals surface area contributed by atoms with Gasteiger partial charge in [0, 0.05) is 12.2 Å². The number of carbonyl (C=O) groups excluding carboxylic acids is 1. The van der Waals surface area contributed by atoms with Gasteiger partial charge in [0.15, 0.2) is 5.69 Å². The lowest BCUT2D eigenvalue weighted by Crippen LogP contribution is -2.29. The van der Waals surface area contributed by atoms with Gasteiger partial charge in [-0.25, -0.2) is 9.07 Å². The third kappa shape index (κ3) is 2.94. The Morgan fingerprint density at radius 2 is 2.07 bits per heavy atom. The van der Waals surface area contributed by atoms with Gasteiger partial charge in [-0.2, -0.15) is 0 Å². The van der Waals surface area contributed by atoms with Gasteiger partial charge in [0.2, 0.25) is 0 Å². The van der Waals surface area contributed by atoms with Crippen molar-refractivity contribution in [1.82, 2.24) is 15.0 Å².